The van der Waals surface area contributed by atoms with Gasteiger partial charge in [0.1, 0.15) is 0 Å². The SMILES string of the molecule is C#CCNCC(=O)NC(C)c1ccccn1. The molecule has 0 fully saturated rings. The lowest BCUT2D eigenvalue weighted by molar-refractivity contribution is -0.120. The number of pyridine rings is 1. The van der Waals surface area contributed by atoms with Gasteiger partial charge in [0, 0.05) is 6.20 Å². The minimum absolute atomic E-state index is 0.0894. The monoisotopic (exact) mass is 217 g/mol. The fourth-order valence-corrected chi connectivity index (χ4v) is 1.25. The minimum Gasteiger partial charge on any atom is -0.347 e. The maximum atomic E-state index is 11.4. The second kappa shape index (κ2) is 6.59. The van der Waals surface area contributed by atoms with Crippen LogP contribution in [0.25, 0.3) is 0 Å². The first-order valence-electron chi connectivity index (χ1n) is 5.08. The highest BCUT2D eigenvalue weighted by Crippen LogP contribution is 2.06. The van der Waals surface area contributed by atoms with Gasteiger partial charge in [-0.3, -0.25) is 15.1 Å². The number of hydrogen-bond acceptors (Lipinski definition) is 3. The summed E-state index contributed by atoms with van der Waals surface area (Å²) in [5.41, 5.74) is 0.841. The van der Waals surface area contributed by atoms with E-state index in [2.05, 4.69) is 21.5 Å². The summed E-state index contributed by atoms with van der Waals surface area (Å²) in [7, 11) is 0. The van der Waals surface area contributed by atoms with Crippen molar-refractivity contribution < 1.29 is 4.79 Å². The van der Waals surface area contributed by atoms with Crippen LogP contribution in [-0.2, 0) is 4.79 Å². The van der Waals surface area contributed by atoms with Crippen LogP contribution in [0.5, 0.6) is 0 Å². The average molecular weight is 217 g/mol. The fourth-order valence-electron chi connectivity index (χ4n) is 1.25. The first kappa shape index (κ1) is 12.2. The Morgan fingerprint density at radius 3 is 3.06 bits per heavy atom. The number of hydrogen-bond donors (Lipinski definition) is 2. The number of rotatable bonds is 5. The molecule has 1 amide bonds. The summed E-state index contributed by atoms with van der Waals surface area (Å²) in [6.45, 7) is 2.51. The van der Waals surface area contributed by atoms with Crippen LogP contribution in [0.15, 0.2) is 24.4 Å². The van der Waals surface area contributed by atoms with E-state index in [1.165, 1.54) is 0 Å². The molecule has 1 aromatic heterocycles. The van der Waals surface area contributed by atoms with E-state index >= 15 is 0 Å². The van der Waals surface area contributed by atoms with Crippen LogP contribution >= 0.6 is 0 Å². The molecular formula is C12H15N3O. The van der Waals surface area contributed by atoms with E-state index in [0.717, 1.165) is 5.69 Å². The Hall–Kier alpha value is -1.86. The molecule has 0 aromatic carbocycles. The quantitative estimate of drug-likeness (QED) is 0.557. The van der Waals surface area contributed by atoms with Gasteiger partial charge >= 0.3 is 0 Å². The number of aromatic nitrogens is 1. The first-order chi connectivity index (χ1) is 7.74. The highest BCUT2D eigenvalue weighted by Gasteiger charge is 2.09. The van der Waals surface area contributed by atoms with E-state index in [1.54, 1.807) is 6.20 Å². The van der Waals surface area contributed by atoms with Gasteiger partial charge in [0.05, 0.1) is 24.8 Å². The summed E-state index contributed by atoms with van der Waals surface area (Å²) < 4.78 is 0. The summed E-state index contributed by atoms with van der Waals surface area (Å²) in [4.78, 5) is 15.6. The van der Waals surface area contributed by atoms with Crippen molar-refractivity contribution in [3.63, 3.8) is 0 Å². The lowest BCUT2D eigenvalue weighted by Crippen LogP contribution is -2.35. The second-order valence-corrected chi connectivity index (χ2v) is 3.35. The highest BCUT2D eigenvalue weighted by atomic mass is 16.1. The van der Waals surface area contributed by atoms with Crippen LogP contribution in [-0.4, -0.2) is 24.0 Å². The van der Waals surface area contributed by atoms with Crippen LogP contribution in [0.2, 0.25) is 0 Å². The second-order valence-electron chi connectivity index (χ2n) is 3.35. The first-order valence-corrected chi connectivity index (χ1v) is 5.08. The van der Waals surface area contributed by atoms with Crippen LogP contribution < -0.4 is 10.6 Å². The predicted octanol–water partition coefficient (Wildman–Crippen LogP) is 0.482. The minimum atomic E-state index is -0.0960. The molecule has 1 unspecified atom stereocenters. The largest absolute Gasteiger partial charge is 0.347 e. The van der Waals surface area contributed by atoms with Crippen LogP contribution in [0, 0.1) is 12.3 Å². The standard InChI is InChI=1S/C12H15N3O/c1-3-7-13-9-12(16)15-10(2)11-6-4-5-8-14-11/h1,4-6,8,10,13H,7,9H2,2H3,(H,15,16). The Morgan fingerprint density at radius 2 is 2.44 bits per heavy atom. The third kappa shape index (κ3) is 4.11. The molecular weight excluding hydrogens is 202 g/mol. The van der Waals surface area contributed by atoms with Crippen LogP contribution in [0.3, 0.4) is 0 Å². The summed E-state index contributed by atoms with van der Waals surface area (Å²) in [6, 6.07) is 5.51. The predicted molar refractivity (Wildman–Crippen MR) is 62.5 cm³/mol. The third-order valence-corrected chi connectivity index (χ3v) is 2.02. The van der Waals surface area contributed by atoms with Crippen molar-refractivity contribution in [1.82, 2.24) is 15.6 Å². The number of carbonyl (C=O) groups is 1. The van der Waals surface area contributed by atoms with E-state index in [1.807, 2.05) is 25.1 Å². The Labute approximate surface area is 95.5 Å². The molecule has 0 aliphatic heterocycles. The molecule has 0 saturated heterocycles. The molecule has 0 radical (unpaired) electrons. The summed E-state index contributed by atoms with van der Waals surface area (Å²) in [5, 5.41) is 5.65. The van der Waals surface area contributed by atoms with Gasteiger partial charge < -0.3 is 5.32 Å². The van der Waals surface area contributed by atoms with Crippen molar-refractivity contribution in [3.8, 4) is 12.3 Å². The maximum Gasteiger partial charge on any atom is 0.234 e. The molecule has 1 aromatic rings. The number of carbonyl (C=O) groups excluding carboxylic acids is 1. The van der Waals surface area contributed by atoms with Gasteiger partial charge in [-0.2, -0.15) is 0 Å². The number of nitrogens with one attached hydrogen (secondary N) is 2. The van der Waals surface area contributed by atoms with E-state index in [4.69, 9.17) is 6.42 Å². The van der Waals surface area contributed by atoms with Gasteiger partial charge in [0.2, 0.25) is 5.91 Å². The molecule has 0 saturated carbocycles. The third-order valence-electron chi connectivity index (χ3n) is 2.02. The summed E-state index contributed by atoms with van der Waals surface area (Å²) in [6.07, 6.45) is 6.76. The van der Waals surface area contributed by atoms with Crippen molar-refractivity contribution in [2.75, 3.05) is 13.1 Å². The summed E-state index contributed by atoms with van der Waals surface area (Å²) in [5.74, 6) is 2.32. The zero-order valence-corrected chi connectivity index (χ0v) is 9.23. The van der Waals surface area contributed by atoms with E-state index in [0.29, 0.717) is 6.54 Å². The molecule has 1 heterocycles. The summed E-state index contributed by atoms with van der Waals surface area (Å²) >= 11 is 0. The molecule has 0 aliphatic rings. The van der Waals surface area contributed by atoms with Crippen molar-refractivity contribution in [3.05, 3.63) is 30.1 Å². The highest BCUT2D eigenvalue weighted by molar-refractivity contribution is 5.78. The number of terminal acetylenes is 1. The zero-order valence-electron chi connectivity index (χ0n) is 9.23. The van der Waals surface area contributed by atoms with Crippen molar-refractivity contribution in [2.24, 2.45) is 0 Å². The Bertz CT molecular complexity index is 370. The van der Waals surface area contributed by atoms with E-state index in [-0.39, 0.29) is 18.5 Å². The molecule has 4 heteroatoms. The zero-order chi connectivity index (χ0) is 11.8. The van der Waals surface area contributed by atoms with Gasteiger partial charge in [-0.1, -0.05) is 12.0 Å². The normalized spacial score (nSPS) is 11.5. The Morgan fingerprint density at radius 1 is 1.62 bits per heavy atom. The lowest BCUT2D eigenvalue weighted by Gasteiger charge is -2.13. The molecule has 0 spiro atoms. The topological polar surface area (TPSA) is 54.0 Å². The van der Waals surface area contributed by atoms with E-state index in [9.17, 15) is 4.79 Å². The fraction of sp³-hybridized carbons (Fsp3) is 0.333. The Kier molecular flexibility index (Phi) is 5.03. The maximum absolute atomic E-state index is 11.4. The Balaban J connectivity index is 2.37. The van der Waals surface area contributed by atoms with Gasteiger partial charge in [0.15, 0.2) is 0 Å². The number of nitrogens with zero attached hydrogens (tertiary/aromatic N) is 1. The van der Waals surface area contributed by atoms with Crippen molar-refractivity contribution in [2.45, 2.75) is 13.0 Å². The van der Waals surface area contributed by atoms with Crippen LogP contribution in [0.4, 0.5) is 0 Å². The molecule has 0 aliphatic carbocycles. The molecule has 0 bridgehead atoms. The molecule has 4 nitrogen and oxygen atoms in total. The smallest absolute Gasteiger partial charge is 0.234 e. The van der Waals surface area contributed by atoms with Crippen molar-refractivity contribution in [1.29, 1.82) is 0 Å². The van der Waals surface area contributed by atoms with Gasteiger partial charge in [-0.15, -0.1) is 6.42 Å². The molecule has 16 heavy (non-hydrogen) atoms. The molecule has 84 valence electrons. The average Bonchev–Trinajstić information content (AvgIpc) is 2.30. The van der Waals surface area contributed by atoms with Crippen LogP contribution in [0.1, 0.15) is 18.7 Å². The lowest BCUT2D eigenvalue weighted by atomic mass is 10.2. The van der Waals surface area contributed by atoms with Crippen molar-refractivity contribution >= 4 is 5.91 Å². The molecule has 1 atom stereocenters. The molecule has 2 N–H and O–H groups in total. The van der Waals surface area contributed by atoms with E-state index < -0.39 is 0 Å². The van der Waals surface area contributed by atoms with Gasteiger partial charge in [0.25, 0.3) is 0 Å². The van der Waals surface area contributed by atoms with Gasteiger partial charge in [-0.25, -0.2) is 0 Å². The molecule has 1 rings (SSSR count). The number of amides is 1. The van der Waals surface area contributed by atoms with Gasteiger partial charge in [-0.05, 0) is 19.1 Å².